The third-order valence-corrected chi connectivity index (χ3v) is 4.28. The Balaban J connectivity index is 1.67. The molecule has 1 aliphatic rings. The summed E-state index contributed by atoms with van der Waals surface area (Å²) in [6.45, 7) is 1.70. The van der Waals surface area contributed by atoms with E-state index in [0.29, 0.717) is 17.3 Å². The lowest BCUT2D eigenvalue weighted by Crippen LogP contribution is -2.33. The average molecular weight is 313 g/mol. The summed E-state index contributed by atoms with van der Waals surface area (Å²) in [5.41, 5.74) is 13.8. The quantitative estimate of drug-likeness (QED) is 0.789. The Hall–Kier alpha value is -2.83. The molecule has 0 spiro atoms. The van der Waals surface area contributed by atoms with Gasteiger partial charge in [0.2, 0.25) is 5.95 Å². The number of aromatic nitrogens is 2. The zero-order valence-corrected chi connectivity index (χ0v) is 12.6. The number of hydrogen-bond acceptors (Lipinski definition) is 6. The summed E-state index contributed by atoms with van der Waals surface area (Å²) in [5, 5.41) is 8.95. The van der Waals surface area contributed by atoms with Gasteiger partial charge >= 0.3 is 5.97 Å². The molecule has 0 atom stereocenters. The summed E-state index contributed by atoms with van der Waals surface area (Å²) >= 11 is 0. The van der Waals surface area contributed by atoms with E-state index in [1.54, 1.807) is 18.3 Å². The number of rotatable bonds is 3. The van der Waals surface area contributed by atoms with Gasteiger partial charge in [-0.25, -0.2) is 9.78 Å². The molecule has 7 heteroatoms. The first-order valence-corrected chi connectivity index (χ1v) is 7.51. The minimum absolute atomic E-state index is 0.180. The van der Waals surface area contributed by atoms with Crippen LogP contribution < -0.4 is 16.4 Å². The molecule has 0 amide bonds. The van der Waals surface area contributed by atoms with Crippen LogP contribution in [-0.2, 0) is 0 Å². The number of nitrogens with zero attached hydrogens (tertiary/aromatic N) is 3. The van der Waals surface area contributed by atoms with Crippen LogP contribution in [0.1, 0.15) is 34.7 Å². The maximum Gasteiger partial charge on any atom is 0.335 e. The van der Waals surface area contributed by atoms with E-state index in [2.05, 4.69) is 14.9 Å². The molecule has 7 nitrogen and oxygen atoms in total. The molecule has 1 aromatic heterocycles. The van der Waals surface area contributed by atoms with Crippen LogP contribution in [0.25, 0.3) is 0 Å². The molecule has 3 rings (SSSR count). The van der Waals surface area contributed by atoms with Gasteiger partial charge in [0.05, 0.1) is 17.4 Å². The van der Waals surface area contributed by atoms with E-state index in [1.165, 1.54) is 5.56 Å². The van der Waals surface area contributed by atoms with E-state index >= 15 is 0 Å². The molecule has 120 valence electrons. The van der Waals surface area contributed by atoms with Crippen molar-refractivity contribution in [2.75, 3.05) is 29.5 Å². The molecule has 1 fully saturated rings. The smallest absolute Gasteiger partial charge is 0.335 e. The molecule has 1 saturated heterocycles. The van der Waals surface area contributed by atoms with E-state index < -0.39 is 5.97 Å². The number of anilines is 3. The summed E-state index contributed by atoms with van der Waals surface area (Å²) in [5.74, 6) is 0.108. The van der Waals surface area contributed by atoms with E-state index in [0.717, 1.165) is 31.6 Å². The third-order valence-electron chi connectivity index (χ3n) is 4.28. The standard InChI is InChI=1S/C16H19N5O2/c17-14-13(9-19-16(18)20-14)21-7-5-11(6-8-21)10-1-3-12(4-2-10)15(22)23/h1-4,9,11H,5-8H2,(H,22,23)(H4,17,18,19,20). The number of aromatic carboxylic acids is 1. The highest BCUT2D eigenvalue weighted by Crippen LogP contribution is 2.32. The highest BCUT2D eigenvalue weighted by molar-refractivity contribution is 5.87. The molecular weight excluding hydrogens is 294 g/mol. The summed E-state index contributed by atoms with van der Waals surface area (Å²) in [4.78, 5) is 21.1. The molecule has 23 heavy (non-hydrogen) atoms. The molecular formula is C16H19N5O2. The van der Waals surface area contributed by atoms with Crippen LogP contribution in [0.3, 0.4) is 0 Å². The highest BCUT2D eigenvalue weighted by atomic mass is 16.4. The third kappa shape index (κ3) is 3.18. The Labute approximate surface area is 134 Å². The number of carboxylic acids is 1. The van der Waals surface area contributed by atoms with Gasteiger partial charge in [-0.3, -0.25) is 0 Å². The Morgan fingerprint density at radius 1 is 1.17 bits per heavy atom. The van der Waals surface area contributed by atoms with Crippen LogP contribution in [-0.4, -0.2) is 34.1 Å². The molecule has 1 aromatic carbocycles. The van der Waals surface area contributed by atoms with Crippen molar-refractivity contribution in [2.24, 2.45) is 0 Å². The van der Waals surface area contributed by atoms with Crippen LogP contribution in [0.5, 0.6) is 0 Å². The molecule has 0 radical (unpaired) electrons. The number of nitrogens with two attached hydrogens (primary N) is 2. The molecule has 2 heterocycles. The zero-order chi connectivity index (χ0) is 16.4. The number of hydrogen-bond donors (Lipinski definition) is 3. The lowest BCUT2D eigenvalue weighted by atomic mass is 9.89. The maximum atomic E-state index is 10.9. The SMILES string of the molecule is Nc1ncc(N2CCC(c3ccc(C(=O)O)cc3)CC2)c(N)n1. The van der Waals surface area contributed by atoms with Gasteiger partial charge < -0.3 is 21.5 Å². The first kappa shape index (κ1) is 15.1. The second-order valence-corrected chi connectivity index (χ2v) is 5.69. The van der Waals surface area contributed by atoms with E-state index in [-0.39, 0.29) is 5.95 Å². The number of piperidine rings is 1. The fraction of sp³-hybridized carbons (Fsp3) is 0.312. The van der Waals surface area contributed by atoms with Crippen molar-refractivity contribution in [1.29, 1.82) is 0 Å². The van der Waals surface area contributed by atoms with E-state index in [4.69, 9.17) is 16.6 Å². The van der Waals surface area contributed by atoms with Crippen molar-refractivity contribution >= 4 is 23.4 Å². The van der Waals surface area contributed by atoms with Crippen molar-refractivity contribution in [3.63, 3.8) is 0 Å². The molecule has 0 saturated carbocycles. The van der Waals surface area contributed by atoms with Crippen molar-refractivity contribution < 1.29 is 9.90 Å². The highest BCUT2D eigenvalue weighted by Gasteiger charge is 2.22. The second kappa shape index (κ2) is 6.12. The minimum Gasteiger partial charge on any atom is -0.478 e. The molecule has 2 aromatic rings. The maximum absolute atomic E-state index is 10.9. The molecule has 0 aliphatic carbocycles. The first-order valence-electron chi connectivity index (χ1n) is 7.51. The van der Waals surface area contributed by atoms with Crippen LogP contribution >= 0.6 is 0 Å². The van der Waals surface area contributed by atoms with Gasteiger partial charge in [0.15, 0.2) is 5.82 Å². The second-order valence-electron chi connectivity index (χ2n) is 5.69. The molecule has 5 N–H and O–H groups in total. The van der Waals surface area contributed by atoms with Crippen LogP contribution in [0.4, 0.5) is 17.5 Å². The van der Waals surface area contributed by atoms with Crippen molar-refractivity contribution in [2.45, 2.75) is 18.8 Å². The number of carboxylic acid groups (broad SMARTS) is 1. The summed E-state index contributed by atoms with van der Waals surface area (Å²) in [7, 11) is 0. The van der Waals surface area contributed by atoms with Gasteiger partial charge in [-0.05, 0) is 36.5 Å². The molecule has 0 unspecified atom stereocenters. The Morgan fingerprint density at radius 3 is 2.39 bits per heavy atom. The number of benzene rings is 1. The Morgan fingerprint density at radius 2 is 1.83 bits per heavy atom. The van der Waals surface area contributed by atoms with Crippen LogP contribution in [0.2, 0.25) is 0 Å². The van der Waals surface area contributed by atoms with Gasteiger partial charge in [-0.15, -0.1) is 0 Å². The van der Waals surface area contributed by atoms with E-state index in [1.807, 2.05) is 12.1 Å². The summed E-state index contributed by atoms with van der Waals surface area (Å²) in [6.07, 6.45) is 3.60. The minimum atomic E-state index is -0.898. The molecule has 1 aliphatic heterocycles. The van der Waals surface area contributed by atoms with Crippen LogP contribution in [0.15, 0.2) is 30.5 Å². The van der Waals surface area contributed by atoms with Crippen molar-refractivity contribution in [3.8, 4) is 0 Å². The van der Waals surface area contributed by atoms with Gasteiger partial charge in [0.25, 0.3) is 0 Å². The average Bonchev–Trinajstić information content (AvgIpc) is 2.55. The van der Waals surface area contributed by atoms with E-state index in [9.17, 15) is 4.79 Å². The Bertz CT molecular complexity index is 709. The number of carbonyl (C=O) groups is 1. The monoisotopic (exact) mass is 313 g/mol. The topological polar surface area (TPSA) is 118 Å². The first-order chi connectivity index (χ1) is 11.0. The largest absolute Gasteiger partial charge is 0.478 e. The summed E-state index contributed by atoms with van der Waals surface area (Å²) < 4.78 is 0. The zero-order valence-electron chi connectivity index (χ0n) is 12.6. The fourth-order valence-corrected chi connectivity index (χ4v) is 3.00. The lowest BCUT2D eigenvalue weighted by Gasteiger charge is -2.34. The van der Waals surface area contributed by atoms with Crippen LogP contribution in [0, 0.1) is 0 Å². The Kier molecular flexibility index (Phi) is 4.01. The lowest BCUT2D eigenvalue weighted by molar-refractivity contribution is 0.0697. The van der Waals surface area contributed by atoms with Crippen molar-refractivity contribution in [1.82, 2.24) is 9.97 Å². The normalized spacial score (nSPS) is 15.6. The summed E-state index contributed by atoms with van der Waals surface area (Å²) in [6, 6.07) is 7.14. The van der Waals surface area contributed by atoms with Gasteiger partial charge in [-0.1, -0.05) is 12.1 Å². The van der Waals surface area contributed by atoms with Gasteiger partial charge in [-0.2, -0.15) is 4.98 Å². The van der Waals surface area contributed by atoms with Gasteiger partial charge in [0.1, 0.15) is 0 Å². The van der Waals surface area contributed by atoms with Gasteiger partial charge in [0, 0.05) is 13.1 Å². The fourth-order valence-electron chi connectivity index (χ4n) is 3.00. The van der Waals surface area contributed by atoms with Crippen molar-refractivity contribution in [3.05, 3.63) is 41.6 Å². The molecule has 0 bridgehead atoms. The predicted molar refractivity (Wildman–Crippen MR) is 88.4 cm³/mol. The number of nitrogen functional groups attached to an aromatic ring is 2. The predicted octanol–water partition coefficient (Wildman–Crippen LogP) is 1.72.